The van der Waals surface area contributed by atoms with Crippen LogP contribution in [0.1, 0.15) is 5.56 Å². The molecule has 0 bridgehead atoms. The van der Waals surface area contributed by atoms with Crippen LogP contribution in [0.15, 0.2) is 47.6 Å². The van der Waals surface area contributed by atoms with E-state index in [0.717, 1.165) is 5.56 Å². The molecule has 1 N–H and O–H groups in total. The zero-order valence-corrected chi connectivity index (χ0v) is 13.8. The number of halogens is 2. The topological polar surface area (TPSA) is 59.9 Å². The lowest BCUT2D eigenvalue weighted by atomic mass is 10.2. The molecule has 2 aromatic carbocycles. The van der Waals surface area contributed by atoms with Gasteiger partial charge in [-0.15, -0.1) is 0 Å². The number of amides is 1. The standard InChI is InChI=1S/C16H14Cl2N2O3/c1-22-15-7-2-11(8-14(15)18)9-19-20-16(21)10-23-13-5-3-12(17)4-6-13/h2-9H,10H2,1H3,(H,20,21)/b19-9+. The Labute approximate surface area is 143 Å². The summed E-state index contributed by atoms with van der Waals surface area (Å²) in [6, 6.07) is 11.9. The molecular weight excluding hydrogens is 339 g/mol. The molecule has 2 rings (SSSR count). The molecule has 0 atom stereocenters. The summed E-state index contributed by atoms with van der Waals surface area (Å²) in [5.74, 6) is 0.746. The van der Waals surface area contributed by atoms with E-state index in [2.05, 4.69) is 10.5 Å². The quantitative estimate of drug-likeness (QED) is 0.638. The molecule has 23 heavy (non-hydrogen) atoms. The van der Waals surface area contributed by atoms with Gasteiger partial charge < -0.3 is 9.47 Å². The highest BCUT2D eigenvalue weighted by atomic mass is 35.5. The van der Waals surface area contributed by atoms with Crippen LogP contribution >= 0.6 is 23.2 Å². The zero-order chi connectivity index (χ0) is 16.7. The number of methoxy groups -OCH3 is 1. The normalized spacial score (nSPS) is 10.6. The highest BCUT2D eigenvalue weighted by Gasteiger charge is 2.02. The minimum absolute atomic E-state index is 0.150. The average Bonchev–Trinajstić information content (AvgIpc) is 2.54. The number of rotatable bonds is 6. The first-order valence-corrected chi connectivity index (χ1v) is 7.38. The summed E-state index contributed by atoms with van der Waals surface area (Å²) in [7, 11) is 1.54. The van der Waals surface area contributed by atoms with Gasteiger partial charge in [-0.3, -0.25) is 4.79 Å². The first kappa shape index (κ1) is 17.1. The molecule has 0 radical (unpaired) electrons. The van der Waals surface area contributed by atoms with E-state index < -0.39 is 0 Å². The molecule has 1 amide bonds. The Morgan fingerprint density at radius 1 is 1.22 bits per heavy atom. The fourth-order valence-corrected chi connectivity index (χ4v) is 2.05. The van der Waals surface area contributed by atoms with Crippen LogP contribution in [0.5, 0.6) is 11.5 Å². The van der Waals surface area contributed by atoms with Gasteiger partial charge in [0.2, 0.25) is 0 Å². The van der Waals surface area contributed by atoms with E-state index in [1.807, 2.05) is 0 Å². The number of nitrogens with zero attached hydrogens (tertiary/aromatic N) is 1. The second kappa shape index (κ2) is 8.41. The molecule has 2 aromatic rings. The lowest BCUT2D eigenvalue weighted by Crippen LogP contribution is -2.24. The van der Waals surface area contributed by atoms with Gasteiger partial charge in [-0.2, -0.15) is 5.10 Å². The van der Waals surface area contributed by atoms with Crippen molar-refractivity contribution in [1.29, 1.82) is 0 Å². The van der Waals surface area contributed by atoms with E-state index in [-0.39, 0.29) is 12.5 Å². The van der Waals surface area contributed by atoms with E-state index in [1.54, 1.807) is 42.5 Å². The minimum atomic E-state index is -0.379. The summed E-state index contributed by atoms with van der Waals surface area (Å²) in [6.07, 6.45) is 1.48. The number of carbonyl (C=O) groups excluding carboxylic acids is 1. The number of benzene rings is 2. The molecule has 0 saturated carbocycles. The van der Waals surface area contributed by atoms with Gasteiger partial charge in [0.1, 0.15) is 11.5 Å². The third-order valence-electron chi connectivity index (χ3n) is 2.76. The maximum atomic E-state index is 11.6. The van der Waals surface area contributed by atoms with Crippen LogP contribution in [0, 0.1) is 0 Å². The number of carbonyl (C=O) groups is 1. The Kier molecular flexibility index (Phi) is 6.26. The number of nitrogens with one attached hydrogen (secondary N) is 1. The van der Waals surface area contributed by atoms with Gasteiger partial charge in [0, 0.05) is 5.02 Å². The molecule has 0 heterocycles. The van der Waals surface area contributed by atoms with Crippen molar-refractivity contribution < 1.29 is 14.3 Å². The van der Waals surface area contributed by atoms with E-state index >= 15 is 0 Å². The lowest BCUT2D eigenvalue weighted by molar-refractivity contribution is -0.123. The third kappa shape index (κ3) is 5.47. The summed E-state index contributed by atoms with van der Waals surface area (Å²) in [6.45, 7) is -0.150. The molecule has 120 valence electrons. The molecule has 7 heteroatoms. The van der Waals surface area contributed by atoms with Gasteiger partial charge in [-0.25, -0.2) is 5.43 Å². The van der Waals surface area contributed by atoms with Crippen molar-refractivity contribution in [3.8, 4) is 11.5 Å². The van der Waals surface area contributed by atoms with Gasteiger partial charge in [0.15, 0.2) is 6.61 Å². The monoisotopic (exact) mass is 352 g/mol. The Balaban J connectivity index is 1.81. The Morgan fingerprint density at radius 3 is 2.61 bits per heavy atom. The summed E-state index contributed by atoms with van der Waals surface area (Å²) in [4.78, 5) is 11.6. The van der Waals surface area contributed by atoms with E-state index in [1.165, 1.54) is 13.3 Å². The molecule has 0 aliphatic rings. The van der Waals surface area contributed by atoms with E-state index in [9.17, 15) is 4.79 Å². The second-order valence-corrected chi connectivity index (χ2v) is 5.27. The fraction of sp³-hybridized carbons (Fsp3) is 0.125. The number of hydrazone groups is 1. The molecule has 5 nitrogen and oxygen atoms in total. The van der Waals surface area contributed by atoms with Crippen LogP contribution in [0.25, 0.3) is 0 Å². The van der Waals surface area contributed by atoms with Gasteiger partial charge in [-0.05, 0) is 48.0 Å². The van der Waals surface area contributed by atoms with Gasteiger partial charge in [-0.1, -0.05) is 23.2 Å². The van der Waals surface area contributed by atoms with E-state index in [0.29, 0.717) is 21.5 Å². The maximum absolute atomic E-state index is 11.6. The zero-order valence-electron chi connectivity index (χ0n) is 12.3. The van der Waals surface area contributed by atoms with Crippen LogP contribution in [-0.4, -0.2) is 25.8 Å². The summed E-state index contributed by atoms with van der Waals surface area (Å²) in [5, 5.41) is 4.91. The summed E-state index contributed by atoms with van der Waals surface area (Å²) < 4.78 is 10.3. The number of hydrogen-bond donors (Lipinski definition) is 1. The van der Waals surface area contributed by atoms with Crippen LogP contribution in [0.3, 0.4) is 0 Å². The molecular formula is C16H14Cl2N2O3. The molecule has 0 spiro atoms. The lowest BCUT2D eigenvalue weighted by Gasteiger charge is -2.05. The molecule has 0 aromatic heterocycles. The van der Waals surface area contributed by atoms with Crippen molar-refractivity contribution in [2.24, 2.45) is 5.10 Å². The van der Waals surface area contributed by atoms with Crippen molar-refractivity contribution in [2.45, 2.75) is 0 Å². The van der Waals surface area contributed by atoms with Crippen LogP contribution in [0.2, 0.25) is 10.0 Å². The third-order valence-corrected chi connectivity index (χ3v) is 3.31. The van der Waals surface area contributed by atoms with E-state index in [4.69, 9.17) is 32.7 Å². The molecule has 0 aliphatic carbocycles. The van der Waals surface area contributed by atoms with Crippen molar-refractivity contribution in [1.82, 2.24) is 5.43 Å². The molecule has 0 saturated heterocycles. The van der Waals surface area contributed by atoms with Crippen LogP contribution in [-0.2, 0) is 4.79 Å². The highest BCUT2D eigenvalue weighted by molar-refractivity contribution is 6.32. The predicted molar refractivity (Wildman–Crippen MR) is 90.7 cm³/mol. The maximum Gasteiger partial charge on any atom is 0.277 e. The van der Waals surface area contributed by atoms with Crippen molar-refractivity contribution >= 4 is 35.3 Å². The first-order valence-electron chi connectivity index (χ1n) is 6.62. The highest BCUT2D eigenvalue weighted by Crippen LogP contribution is 2.24. The van der Waals surface area contributed by atoms with Crippen molar-refractivity contribution in [3.05, 3.63) is 58.1 Å². The second-order valence-electron chi connectivity index (χ2n) is 4.43. The number of ether oxygens (including phenoxy) is 2. The molecule has 0 unspecified atom stereocenters. The SMILES string of the molecule is COc1ccc(/C=N/NC(=O)COc2ccc(Cl)cc2)cc1Cl. The predicted octanol–water partition coefficient (Wildman–Crippen LogP) is 3.53. The Hall–Kier alpha value is -2.24. The summed E-state index contributed by atoms with van der Waals surface area (Å²) >= 11 is 11.8. The fourth-order valence-electron chi connectivity index (χ4n) is 1.65. The summed E-state index contributed by atoms with van der Waals surface area (Å²) in [5.41, 5.74) is 3.10. The Morgan fingerprint density at radius 2 is 1.96 bits per heavy atom. The first-order chi connectivity index (χ1) is 11.1. The van der Waals surface area contributed by atoms with Crippen LogP contribution in [0.4, 0.5) is 0 Å². The Bertz CT molecular complexity index is 703. The smallest absolute Gasteiger partial charge is 0.277 e. The average molecular weight is 353 g/mol. The molecule has 0 fully saturated rings. The van der Waals surface area contributed by atoms with Gasteiger partial charge in [0.25, 0.3) is 5.91 Å². The number of hydrogen-bond acceptors (Lipinski definition) is 4. The van der Waals surface area contributed by atoms with Crippen molar-refractivity contribution in [2.75, 3.05) is 13.7 Å². The minimum Gasteiger partial charge on any atom is -0.495 e. The van der Waals surface area contributed by atoms with Crippen molar-refractivity contribution in [3.63, 3.8) is 0 Å². The van der Waals surface area contributed by atoms with Gasteiger partial charge >= 0.3 is 0 Å². The largest absolute Gasteiger partial charge is 0.495 e. The van der Waals surface area contributed by atoms with Gasteiger partial charge in [0.05, 0.1) is 18.3 Å². The molecule has 0 aliphatic heterocycles. The van der Waals surface area contributed by atoms with Crippen LogP contribution < -0.4 is 14.9 Å².